The van der Waals surface area contributed by atoms with Crippen LogP contribution in [0.2, 0.25) is 0 Å². The first-order valence-electron chi connectivity index (χ1n) is 8.38. The monoisotopic (exact) mass is 400 g/mol. The molecule has 0 saturated carbocycles. The molecular formula is C17H26BrFN4O. The summed E-state index contributed by atoms with van der Waals surface area (Å²) in [5.41, 5.74) is 0.842. The first-order chi connectivity index (χ1) is 11.6. The van der Waals surface area contributed by atoms with Gasteiger partial charge in [-0.05, 0) is 47.5 Å². The Bertz CT molecular complexity index is 549. The number of nitrogens with one attached hydrogen (secondary N) is 2. The van der Waals surface area contributed by atoms with Crippen LogP contribution >= 0.6 is 15.9 Å². The van der Waals surface area contributed by atoms with Crippen molar-refractivity contribution in [1.82, 2.24) is 15.5 Å². The first kappa shape index (κ1) is 19.1. The van der Waals surface area contributed by atoms with Crippen molar-refractivity contribution in [1.29, 1.82) is 0 Å². The molecule has 1 fully saturated rings. The molecule has 1 unspecified atom stereocenters. The van der Waals surface area contributed by atoms with Gasteiger partial charge in [-0.1, -0.05) is 6.07 Å². The summed E-state index contributed by atoms with van der Waals surface area (Å²) in [5.74, 6) is 0.488. The molecule has 134 valence electrons. The summed E-state index contributed by atoms with van der Waals surface area (Å²) >= 11 is 3.16. The third-order valence-electron chi connectivity index (χ3n) is 3.98. The number of benzene rings is 1. The van der Waals surface area contributed by atoms with E-state index in [0.717, 1.165) is 50.9 Å². The maximum Gasteiger partial charge on any atom is 0.191 e. The van der Waals surface area contributed by atoms with E-state index in [-0.39, 0.29) is 5.82 Å². The maximum absolute atomic E-state index is 13.6. The fraction of sp³-hybridized carbons (Fsp3) is 0.588. The van der Waals surface area contributed by atoms with Crippen molar-refractivity contribution in [2.45, 2.75) is 26.4 Å². The van der Waals surface area contributed by atoms with Crippen molar-refractivity contribution in [3.05, 3.63) is 34.1 Å². The Balaban J connectivity index is 1.88. The highest BCUT2D eigenvalue weighted by Gasteiger charge is 2.16. The summed E-state index contributed by atoms with van der Waals surface area (Å²) in [7, 11) is 0. The van der Waals surface area contributed by atoms with Gasteiger partial charge in [0.1, 0.15) is 5.82 Å². The van der Waals surface area contributed by atoms with E-state index in [4.69, 9.17) is 4.74 Å². The van der Waals surface area contributed by atoms with Gasteiger partial charge < -0.3 is 15.4 Å². The summed E-state index contributed by atoms with van der Waals surface area (Å²) in [6.45, 7) is 9.79. The predicted molar refractivity (Wildman–Crippen MR) is 98.8 cm³/mol. The van der Waals surface area contributed by atoms with Crippen LogP contribution in [-0.4, -0.2) is 56.3 Å². The number of rotatable bonds is 6. The van der Waals surface area contributed by atoms with E-state index in [1.807, 2.05) is 13.0 Å². The van der Waals surface area contributed by atoms with Crippen LogP contribution in [0.25, 0.3) is 0 Å². The number of aliphatic imine (C=N–C) groups is 1. The molecule has 1 aliphatic rings. The van der Waals surface area contributed by atoms with Crippen molar-refractivity contribution in [2.75, 3.05) is 39.4 Å². The molecule has 1 aliphatic heterocycles. The summed E-state index contributed by atoms with van der Waals surface area (Å²) in [6.07, 6.45) is 0. The van der Waals surface area contributed by atoms with E-state index >= 15 is 0 Å². The molecule has 1 aromatic carbocycles. The third kappa shape index (κ3) is 6.03. The fourth-order valence-corrected chi connectivity index (χ4v) is 2.79. The molecule has 0 aliphatic carbocycles. The zero-order valence-corrected chi connectivity index (χ0v) is 15.9. The van der Waals surface area contributed by atoms with Gasteiger partial charge in [0.2, 0.25) is 0 Å². The van der Waals surface area contributed by atoms with Crippen LogP contribution in [-0.2, 0) is 11.3 Å². The molecule has 24 heavy (non-hydrogen) atoms. The quantitative estimate of drug-likeness (QED) is 0.568. The van der Waals surface area contributed by atoms with Gasteiger partial charge in [0.15, 0.2) is 5.96 Å². The van der Waals surface area contributed by atoms with Crippen molar-refractivity contribution < 1.29 is 9.13 Å². The zero-order chi connectivity index (χ0) is 17.4. The first-order valence-corrected chi connectivity index (χ1v) is 9.17. The largest absolute Gasteiger partial charge is 0.379 e. The van der Waals surface area contributed by atoms with Crippen molar-refractivity contribution in [2.24, 2.45) is 4.99 Å². The molecule has 0 radical (unpaired) electrons. The average molecular weight is 401 g/mol. The molecule has 7 heteroatoms. The Hall–Kier alpha value is -1.18. The molecule has 5 nitrogen and oxygen atoms in total. The smallest absolute Gasteiger partial charge is 0.191 e. The summed E-state index contributed by atoms with van der Waals surface area (Å²) in [5, 5.41) is 6.60. The summed E-state index contributed by atoms with van der Waals surface area (Å²) in [6, 6.07) is 5.49. The lowest BCUT2D eigenvalue weighted by Crippen LogP contribution is -2.49. The zero-order valence-electron chi connectivity index (χ0n) is 14.3. The second kappa shape index (κ2) is 9.96. The summed E-state index contributed by atoms with van der Waals surface area (Å²) in [4.78, 5) is 6.95. The van der Waals surface area contributed by atoms with Crippen molar-refractivity contribution in [3.63, 3.8) is 0 Å². The Kier molecular flexibility index (Phi) is 7.94. The fourth-order valence-electron chi connectivity index (χ4n) is 2.54. The Morgan fingerprint density at radius 3 is 2.79 bits per heavy atom. The van der Waals surface area contributed by atoms with E-state index < -0.39 is 0 Å². The van der Waals surface area contributed by atoms with E-state index in [1.165, 1.54) is 6.07 Å². The second-order valence-corrected chi connectivity index (χ2v) is 6.68. The lowest BCUT2D eigenvalue weighted by molar-refractivity contribution is 0.0211. The van der Waals surface area contributed by atoms with Crippen LogP contribution in [0.5, 0.6) is 0 Å². The van der Waals surface area contributed by atoms with E-state index in [0.29, 0.717) is 17.1 Å². The van der Waals surface area contributed by atoms with Crippen LogP contribution in [0.15, 0.2) is 27.7 Å². The normalized spacial score (nSPS) is 17.6. The van der Waals surface area contributed by atoms with E-state index in [2.05, 4.69) is 43.4 Å². The van der Waals surface area contributed by atoms with Crippen molar-refractivity contribution >= 4 is 21.9 Å². The van der Waals surface area contributed by atoms with Gasteiger partial charge in [-0.15, -0.1) is 0 Å². The number of hydrogen-bond donors (Lipinski definition) is 2. The SMILES string of the molecule is CCNC(=NCc1ccc(Br)c(F)c1)NCC(C)N1CCOCC1. The molecule has 1 aromatic rings. The topological polar surface area (TPSA) is 48.9 Å². The average Bonchev–Trinajstić information content (AvgIpc) is 2.60. The maximum atomic E-state index is 13.6. The Morgan fingerprint density at radius 2 is 2.12 bits per heavy atom. The minimum atomic E-state index is -0.262. The highest BCUT2D eigenvalue weighted by atomic mass is 79.9. The molecule has 2 rings (SSSR count). The molecule has 1 atom stereocenters. The van der Waals surface area contributed by atoms with Crippen molar-refractivity contribution in [3.8, 4) is 0 Å². The molecule has 1 saturated heterocycles. The van der Waals surface area contributed by atoms with Gasteiger partial charge >= 0.3 is 0 Å². The molecule has 0 amide bonds. The van der Waals surface area contributed by atoms with Crippen LogP contribution in [0.3, 0.4) is 0 Å². The molecule has 0 aromatic heterocycles. The van der Waals surface area contributed by atoms with E-state index in [1.54, 1.807) is 6.07 Å². The number of guanidine groups is 1. The molecule has 1 heterocycles. The Labute approximate surface area is 151 Å². The summed E-state index contributed by atoms with van der Waals surface area (Å²) < 4.78 is 19.4. The van der Waals surface area contributed by atoms with Crippen LogP contribution in [0, 0.1) is 5.82 Å². The Morgan fingerprint density at radius 1 is 1.38 bits per heavy atom. The van der Waals surface area contributed by atoms with Crippen LogP contribution in [0.1, 0.15) is 19.4 Å². The predicted octanol–water partition coefficient (Wildman–Crippen LogP) is 2.36. The van der Waals surface area contributed by atoms with Gasteiger partial charge in [-0.2, -0.15) is 0 Å². The number of halogens is 2. The van der Waals surface area contributed by atoms with Gasteiger partial charge in [-0.25, -0.2) is 9.38 Å². The number of ether oxygens (including phenoxy) is 1. The second-order valence-electron chi connectivity index (χ2n) is 5.82. The lowest BCUT2D eigenvalue weighted by atomic mass is 10.2. The van der Waals surface area contributed by atoms with Gasteiger partial charge in [0, 0.05) is 32.2 Å². The van der Waals surface area contributed by atoms with Crippen LogP contribution in [0.4, 0.5) is 4.39 Å². The number of nitrogens with zero attached hydrogens (tertiary/aromatic N) is 2. The third-order valence-corrected chi connectivity index (χ3v) is 4.63. The highest BCUT2D eigenvalue weighted by Crippen LogP contribution is 2.16. The molecular weight excluding hydrogens is 375 g/mol. The number of morpholine rings is 1. The lowest BCUT2D eigenvalue weighted by Gasteiger charge is -2.32. The molecule has 0 spiro atoms. The molecule has 2 N–H and O–H groups in total. The van der Waals surface area contributed by atoms with Gasteiger partial charge in [-0.3, -0.25) is 4.90 Å². The van der Waals surface area contributed by atoms with Crippen LogP contribution < -0.4 is 10.6 Å². The number of hydrogen-bond acceptors (Lipinski definition) is 3. The minimum Gasteiger partial charge on any atom is -0.379 e. The molecule has 0 bridgehead atoms. The van der Waals surface area contributed by atoms with Gasteiger partial charge in [0.05, 0.1) is 24.2 Å². The minimum absolute atomic E-state index is 0.262. The standard InChI is InChI=1S/C17H26BrFN4O/c1-3-20-17(21-11-13(2)23-6-8-24-9-7-23)22-12-14-4-5-15(18)16(19)10-14/h4-5,10,13H,3,6-9,11-12H2,1-2H3,(H2,20,21,22). The van der Waals surface area contributed by atoms with E-state index in [9.17, 15) is 4.39 Å². The van der Waals surface area contributed by atoms with Gasteiger partial charge in [0.25, 0.3) is 0 Å². The highest BCUT2D eigenvalue weighted by molar-refractivity contribution is 9.10.